The molecule has 19 heavy (non-hydrogen) atoms. The van der Waals surface area contributed by atoms with Crippen molar-refractivity contribution in [1.29, 1.82) is 0 Å². The number of carbonyl (C=O) groups excluding carboxylic acids is 1. The molecule has 0 spiro atoms. The molecule has 0 aromatic carbocycles. The maximum Gasteiger partial charge on any atom is 0.322 e. The molecule has 1 aliphatic heterocycles. The first kappa shape index (κ1) is 12.3. The van der Waals surface area contributed by atoms with E-state index in [4.69, 9.17) is 4.42 Å². The Hall–Kier alpha value is -1.73. The Labute approximate surface area is 114 Å². The minimum absolute atomic E-state index is 0.113. The van der Waals surface area contributed by atoms with Crippen molar-refractivity contribution in [2.45, 2.75) is 25.8 Å². The van der Waals surface area contributed by atoms with Crippen molar-refractivity contribution in [2.75, 3.05) is 11.9 Å². The van der Waals surface area contributed by atoms with Crippen molar-refractivity contribution < 1.29 is 9.21 Å². The Bertz CT molecular complexity index is 586. The van der Waals surface area contributed by atoms with Crippen LogP contribution in [-0.4, -0.2) is 22.6 Å². The molecule has 1 fully saturated rings. The van der Waals surface area contributed by atoms with Crippen molar-refractivity contribution >= 4 is 23.3 Å². The number of anilines is 1. The zero-order valence-electron chi connectivity index (χ0n) is 10.5. The smallest absolute Gasteiger partial charge is 0.322 e. The Kier molecular flexibility index (Phi) is 3.31. The first-order valence-electron chi connectivity index (χ1n) is 6.16. The Morgan fingerprint density at radius 2 is 2.47 bits per heavy atom. The predicted octanol–water partition coefficient (Wildman–Crippen LogP) is 2.12. The number of amides is 1. The van der Waals surface area contributed by atoms with Gasteiger partial charge in [0.25, 0.3) is 5.91 Å². The molecule has 0 bridgehead atoms. The number of carbonyl (C=O) groups is 1. The first-order chi connectivity index (χ1) is 9.24. The molecule has 2 N–H and O–H groups in total. The van der Waals surface area contributed by atoms with E-state index in [9.17, 15) is 4.79 Å². The molecule has 1 saturated heterocycles. The van der Waals surface area contributed by atoms with Gasteiger partial charge >= 0.3 is 6.01 Å². The molecular formula is C12H14N4O2S. The van der Waals surface area contributed by atoms with Crippen LogP contribution in [-0.2, 0) is 0 Å². The number of rotatable bonds is 3. The maximum atomic E-state index is 12.0. The second-order valence-electron chi connectivity index (χ2n) is 4.48. The van der Waals surface area contributed by atoms with Gasteiger partial charge in [-0.2, -0.15) is 0 Å². The molecule has 3 rings (SSSR count). The van der Waals surface area contributed by atoms with Crippen LogP contribution in [0.2, 0.25) is 0 Å². The van der Waals surface area contributed by atoms with Crippen LogP contribution in [0.5, 0.6) is 0 Å². The molecule has 1 atom stereocenters. The normalized spacial score (nSPS) is 18.7. The van der Waals surface area contributed by atoms with Crippen molar-refractivity contribution in [3.8, 4) is 0 Å². The Balaban J connectivity index is 1.70. The highest BCUT2D eigenvalue weighted by atomic mass is 32.1. The maximum absolute atomic E-state index is 12.0. The third kappa shape index (κ3) is 2.52. The summed E-state index contributed by atoms with van der Waals surface area (Å²) < 4.78 is 5.46. The van der Waals surface area contributed by atoms with E-state index in [1.54, 1.807) is 0 Å². The second kappa shape index (κ2) is 5.10. The number of aromatic nitrogens is 2. The molecule has 6 nitrogen and oxygen atoms in total. The van der Waals surface area contributed by atoms with E-state index in [2.05, 4.69) is 20.8 Å². The zero-order chi connectivity index (χ0) is 13.2. The fraction of sp³-hybridized carbons (Fsp3) is 0.417. The van der Waals surface area contributed by atoms with Crippen molar-refractivity contribution in [2.24, 2.45) is 0 Å². The number of hydrogen-bond donors (Lipinski definition) is 2. The number of nitrogens with one attached hydrogen (secondary N) is 2. The summed E-state index contributed by atoms with van der Waals surface area (Å²) in [5, 5.41) is 15.6. The second-order valence-corrected chi connectivity index (χ2v) is 5.40. The summed E-state index contributed by atoms with van der Waals surface area (Å²) in [6.45, 7) is 2.86. The van der Waals surface area contributed by atoms with E-state index in [0.717, 1.165) is 24.9 Å². The van der Waals surface area contributed by atoms with E-state index in [-0.39, 0.29) is 18.0 Å². The molecule has 2 aromatic heterocycles. The molecule has 1 unspecified atom stereocenters. The highest BCUT2D eigenvalue weighted by molar-refractivity contribution is 7.12. The SMILES string of the molecule is Cc1ccsc1C(=O)Nc1nnc(C2CCCN2)o1. The molecule has 7 heteroatoms. The fourth-order valence-electron chi connectivity index (χ4n) is 2.08. The van der Waals surface area contributed by atoms with E-state index in [0.29, 0.717) is 10.8 Å². The monoisotopic (exact) mass is 278 g/mol. The zero-order valence-corrected chi connectivity index (χ0v) is 11.3. The van der Waals surface area contributed by atoms with Crippen LogP contribution < -0.4 is 10.6 Å². The molecule has 0 radical (unpaired) electrons. The van der Waals surface area contributed by atoms with Gasteiger partial charge in [0.2, 0.25) is 5.89 Å². The van der Waals surface area contributed by atoms with Gasteiger partial charge in [-0.05, 0) is 43.3 Å². The lowest BCUT2D eigenvalue weighted by molar-refractivity contribution is 0.102. The van der Waals surface area contributed by atoms with Crippen LogP contribution in [0.1, 0.15) is 40.0 Å². The van der Waals surface area contributed by atoms with Crippen LogP contribution in [0, 0.1) is 6.92 Å². The van der Waals surface area contributed by atoms with Gasteiger partial charge in [-0.3, -0.25) is 10.1 Å². The van der Waals surface area contributed by atoms with E-state index in [1.807, 2.05) is 18.4 Å². The van der Waals surface area contributed by atoms with Gasteiger partial charge in [-0.25, -0.2) is 0 Å². The Morgan fingerprint density at radius 1 is 1.58 bits per heavy atom. The van der Waals surface area contributed by atoms with Gasteiger partial charge in [0.05, 0.1) is 10.9 Å². The van der Waals surface area contributed by atoms with Crippen LogP contribution in [0.15, 0.2) is 15.9 Å². The highest BCUT2D eigenvalue weighted by Gasteiger charge is 2.23. The largest absolute Gasteiger partial charge is 0.406 e. The van der Waals surface area contributed by atoms with Crippen molar-refractivity contribution in [3.63, 3.8) is 0 Å². The van der Waals surface area contributed by atoms with E-state index in [1.165, 1.54) is 11.3 Å². The number of hydrogen-bond acceptors (Lipinski definition) is 6. The first-order valence-corrected chi connectivity index (χ1v) is 7.04. The summed E-state index contributed by atoms with van der Waals surface area (Å²) in [5.41, 5.74) is 0.944. The quantitative estimate of drug-likeness (QED) is 0.899. The summed E-state index contributed by atoms with van der Waals surface area (Å²) in [6, 6.07) is 2.17. The average Bonchev–Trinajstić information content (AvgIpc) is 3.07. The van der Waals surface area contributed by atoms with Crippen LogP contribution >= 0.6 is 11.3 Å². The van der Waals surface area contributed by atoms with E-state index >= 15 is 0 Å². The third-order valence-corrected chi connectivity index (χ3v) is 4.10. The predicted molar refractivity (Wildman–Crippen MR) is 71.3 cm³/mol. The summed E-state index contributed by atoms with van der Waals surface area (Å²) in [6.07, 6.45) is 2.09. The van der Waals surface area contributed by atoms with Gasteiger partial charge in [0.1, 0.15) is 0 Å². The van der Waals surface area contributed by atoms with Crippen molar-refractivity contribution in [3.05, 3.63) is 27.8 Å². The van der Waals surface area contributed by atoms with Gasteiger partial charge in [0.15, 0.2) is 0 Å². The molecule has 3 heterocycles. The summed E-state index contributed by atoms with van der Waals surface area (Å²) >= 11 is 1.39. The molecule has 0 aliphatic carbocycles. The summed E-state index contributed by atoms with van der Waals surface area (Å²) in [4.78, 5) is 12.6. The van der Waals surface area contributed by atoms with Crippen LogP contribution in [0.3, 0.4) is 0 Å². The van der Waals surface area contributed by atoms with Gasteiger partial charge in [-0.15, -0.1) is 16.4 Å². The highest BCUT2D eigenvalue weighted by Crippen LogP contribution is 2.23. The standard InChI is InChI=1S/C12H14N4O2S/c1-7-4-6-19-9(7)10(17)14-12-16-15-11(18-12)8-3-2-5-13-8/h4,6,8,13H,2-3,5H2,1H3,(H,14,16,17). The fourth-order valence-corrected chi connectivity index (χ4v) is 2.90. The minimum atomic E-state index is -0.206. The lowest BCUT2D eigenvalue weighted by Crippen LogP contribution is -2.13. The van der Waals surface area contributed by atoms with Crippen molar-refractivity contribution in [1.82, 2.24) is 15.5 Å². The third-order valence-electron chi connectivity index (χ3n) is 3.09. The molecule has 0 saturated carbocycles. The molecule has 1 amide bonds. The average molecular weight is 278 g/mol. The number of thiophene rings is 1. The lowest BCUT2D eigenvalue weighted by Gasteiger charge is -2.02. The van der Waals surface area contributed by atoms with Gasteiger partial charge in [0, 0.05) is 0 Å². The molecular weight excluding hydrogens is 264 g/mol. The molecule has 1 aliphatic rings. The van der Waals surface area contributed by atoms with Gasteiger partial charge < -0.3 is 9.73 Å². The number of nitrogens with zero attached hydrogens (tertiary/aromatic N) is 2. The molecule has 2 aromatic rings. The van der Waals surface area contributed by atoms with Crippen LogP contribution in [0.25, 0.3) is 0 Å². The summed E-state index contributed by atoms with van der Waals surface area (Å²) in [5.74, 6) is 0.331. The van der Waals surface area contributed by atoms with Crippen LogP contribution in [0.4, 0.5) is 6.01 Å². The molecule has 100 valence electrons. The minimum Gasteiger partial charge on any atom is -0.406 e. The summed E-state index contributed by atoms with van der Waals surface area (Å²) in [7, 11) is 0. The number of aryl methyl sites for hydroxylation is 1. The van der Waals surface area contributed by atoms with E-state index < -0.39 is 0 Å². The Morgan fingerprint density at radius 3 is 3.16 bits per heavy atom. The lowest BCUT2D eigenvalue weighted by atomic mass is 10.2. The van der Waals surface area contributed by atoms with Gasteiger partial charge in [-0.1, -0.05) is 5.10 Å². The topological polar surface area (TPSA) is 80.0 Å².